The van der Waals surface area contributed by atoms with Gasteiger partial charge in [0.25, 0.3) is 5.69 Å². The van der Waals surface area contributed by atoms with E-state index in [9.17, 15) is 10.1 Å². The van der Waals surface area contributed by atoms with Gasteiger partial charge < -0.3 is 5.11 Å². The first kappa shape index (κ1) is 13.4. The van der Waals surface area contributed by atoms with Crippen LogP contribution in [0.15, 0.2) is 48.5 Å². The minimum Gasteiger partial charge on any atom is -0.508 e. The molecule has 0 heterocycles. The molecule has 2 aromatic carbocycles. The van der Waals surface area contributed by atoms with E-state index in [1.807, 2.05) is 12.1 Å². The zero-order valence-electron chi connectivity index (χ0n) is 10.2. The van der Waals surface area contributed by atoms with Crippen LogP contribution in [0, 0.1) is 10.1 Å². The number of phenolic OH excluding ortho intramolecular Hbond substituents is 1. The van der Waals surface area contributed by atoms with Crippen LogP contribution in [-0.2, 0) is 11.5 Å². The predicted molar refractivity (Wildman–Crippen MR) is 76.2 cm³/mol. The lowest BCUT2D eigenvalue weighted by molar-refractivity contribution is -0.384. The first-order chi connectivity index (χ1) is 9.15. The van der Waals surface area contributed by atoms with Gasteiger partial charge >= 0.3 is 0 Å². The fraction of sp³-hybridized carbons (Fsp3) is 0.143. The molecule has 0 bridgehead atoms. The molecule has 0 amide bonds. The van der Waals surface area contributed by atoms with Gasteiger partial charge in [0, 0.05) is 23.6 Å². The lowest BCUT2D eigenvalue weighted by Crippen LogP contribution is -1.88. The van der Waals surface area contributed by atoms with Gasteiger partial charge in [-0.3, -0.25) is 10.1 Å². The molecule has 0 unspecified atom stereocenters. The molecule has 0 aromatic heterocycles. The van der Waals surface area contributed by atoms with Crippen LogP contribution >= 0.6 is 11.8 Å². The number of nitro benzene ring substituents is 1. The molecule has 0 atom stereocenters. The van der Waals surface area contributed by atoms with Crippen molar-refractivity contribution in [3.05, 3.63) is 69.8 Å². The van der Waals surface area contributed by atoms with Crippen molar-refractivity contribution in [1.29, 1.82) is 0 Å². The Bertz CT molecular complexity index is 552. The molecule has 0 fully saturated rings. The van der Waals surface area contributed by atoms with Crippen molar-refractivity contribution in [2.24, 2.45) is 0 Å². The first-order valence-electron chi connectivity index (χ1n) is 5.74. The minimum absolute atomic E-state index is 0.118. The number of non-ortho nitro benzene ring substituents is 1. The third-order valence-corrected chi connectivity index (χ3v) is 3.70. The third kappa shape index (κ3) is 3.99. The zero-order chi connectivity index (χ0) is 13.7. The number of nitro groups is 1. The molecule has 0 aliphatic carbocycles. The summed E-state index contributed by atoms with van der Waals surface area (Å²) in [4.78, 5) is 10.1. The fourth-order valence-electron chi connectivity index (χ4n) is 1.59. The largest absolute Gasteiger partial charge is 0.508 e. The summed E-state index contributed by atoms with van der Waals surface area (Å²) in [5.41, 5.74) is 2.33. The van der Waals surface area contributed by atoms with Crippen molar-refractivity contribution in [3.8, 4) is 5.75 Å². The molecule has 5 heteroatoms. The molecule has 0 saturated carbocycles. The van der Waals surface area contributed by atoms with E-state index in [1.165, 1.54) is 12.1 Å². The molecule has 0 aliphatic heterocycles. The number of nitrogens with zero attached hydrogens (tertiary/aromatic N) is 1. The third-order valence-electron chi connectivity index (χ3n) is 2.62. The Labute approximate surface area is 115 Å². The quantitative estimate of drug-likeness (QED) is 0.667. The van der Waals surface area contributed by atoms with Crippen molar-refractivity contribution in [2.45, 2.75) is 11.5 Å². The highest BCUT2D eigenvalue weighted by atomic mass is 32.2. The summed E-state index contributed by atoms with van der Waals surface area (Å²) < 4.78 is 0. The van der Waals surface area contributed by atoms with Gasteiger partial charge in [-0.1, -0.05) is 24.3 Å². The molecule has 19 heavy (non-hydrogen) atoms. The van der Waals surface area contributed by atoms with E-state index in [0.29, 0.717) is 0 Å². The van der Waals surface area contributed by atoms with Crippen molar-refractivity contribution in [3.63, 3.8) is 0 Å². The van der Waals surface area contributed by atoms with E-state index < -0.39 is 4.92 Å². The number of aromatic hydroxyl groups is 1. The van der Waals surface area contributed by atoms with Gasteiger partial charge in [-0.2, -0.15) is 11.8 Å². The van der Waals surface area contributed by atoms with Gasteiger partial charge in [0.15, 0.2) is 0 Å². The molecular formula is C14H13NO3S. The van der Waals surface area contributed by atoms with Crippen molar-refractivity contribution >= 4 is 17.4 Å². The molecule has 98 valence electrons. The Hall–Kier alpha value is -2.01. The normalized spacial score (nSPS) is 10.3. The Kier molecular flexibility index (Phi) is 4.41. The van der Waals surface area contributed by atoms with Crippen molar-refractivity contribution in [2.75, 3.05) is 0 Å². The highest BCUT2D eigenvalue weighted by molar-refractivity contribution is 7.97. The van der Waals surface area contributed by atoms with E-state index in [-0.39, 0.29) is 11.4 Å². The molecule has 0 radical (unpaired) electrons. The molecule has 4 nitrogen and oxygen atoms in total. The zero-order valence-corrected chi connectivity index (χ0v) is 11.0. The lowest BCUT2D eigenvalue weighted by atomic mass is 10.2. The summed E-state index contributed by atoms with van der Waals surface area (Å²) in [5.74, 6) is 1.92. The van der Waals surface area contributed by atoms with E-state index in [1.54, 1.807) is 36.0 Å². The summed E-state index contributed by atoms with van der Waals surface area (Å²) in [5, 5.41) is 19.7. The van der Waals surface area contributed by atoms with Crippen LogP contribution in [0.25, 0.3) is 0 Å². The summed E-state index contributed by atoms with van der Waals surface area (Å²) in [6.45, 7) is 0. The SMILES string of the molecule is O=[N+]([O-])c1ccc(CSCc2ccc(O)cc2)cc1. The van der Waals surface area contributed by atoms with Gasteiger partial charge in [-0.05, 0) is 23.3 Å². The maximum atomic E-state index is 10.5. The Morgan fingerprint density at radius 3 is 1.89 bits per heavy atom. The van der Waals surface area contributed by atoms with Gasteiger partial charge in [0.2, 0.25) is 0 Å². The Morgan fingerprint density at radius 1 is 0.947 bits per heavy atom. The fourth-order valence-corrected chi connectivity index (χ4v) is 2.55. The van der Waals surface area contributed by atoms with Gasteiger partial charge in [0.1, 0.15) is 5.75 Å². The van der Waals surface area contributed by atoms with Crippen LogP contribution < -0.4 is 0 Å². The molecule has 0 aliphatic rings. The summed E-state index contributed by atoms with van der Waals surface area (Å²) >= 11 is 1.73. The summed E-state index contributed by atoms with van der Waals surface area (Å²) in [6.07, 6.45) is 0. The highest BCUT2D eigenvalue weighted by Gasteiger charge is 2.03. The second-order valence-electron chi connectivity index (χ2n) is 4.08. The van der Waals surface area contributed by atoms with E-state index in [0.717, 1.165) is 22.6 Å². The monoisotopic (exact) mass is 275 g/mol. The number of thioether (sulfide) groups is 1. The summed E-state index contributed by atoms with van der Waals surface area (Å²) in [7, 11) is 0. The van der Waals surface area contributed by atoms with Crippen molar-refractivity contribution in [1.82, 2.24) is 0 Å². The average Bonchev–Trinajstić information content (AvgIpc) is 2.41. The van der Waals surface area contributed by atoms with Crippen LogP contribution in [0.5, 0.6) is 5.75 Å². The van der Waals surface area contributed by atoms with Crippen LogP contribution in [0.1, 0.15) is 11.1 Å². The smallest absolute Gasteiger partial charge is 0.269 e. The maximum Gasteiger partial charge on any atom is 0.269 e. The number of hydrogen-bond acceptors (Lipinski definition) is 4. The molecule has 1 N–H and O–H groups in total. The molecule has 0 spiro atoms. The van der Waals surface area contributed by atoms with Gasteiger partial charge in [-0.25, -0.2) is 0 Å². The molecular weight excluding hydrogens is 262 g/mol. The van der Waals surface area contributed by atoms with Crippen LogP contribution in [0.3, 0.4) is 0 Å². The summed E-state index contributed by atoms with van der Waals surface area (Å²) in [6, 6.07) is 13.7. The predicted octanol–water partition coefficient (Wildman–Crippen LogP) is 3.73. The number of rotatable bonds is 5. The molecule has 0 saturated heterocycles. The van der Waals surface area contributed by atoms with E-state index in [4.69, 9.17) is 5.11 Å². The maximum absolute atomic E-state index is 10.5. The highest BCUT2D eigenvalue weighted by Crippen LogP contribution is 2.21. The standard InChI is InChI=1S/C14H13NO3S/c16-14-7-3-12(4-8-14)10-19-9-11-1-5-13(6-2-11)15(17)18/h1-8,16H,9-10H2. The average molecular weight is 275 g/mol. The topological polar surface area (TPSA) is 63.4 Å². The number of phenols is 1. The number of benzene rings is 2. The van der Waals surface area contributed by atoms with E-state index >= 15 is 0 Å². The van der Waals surface area contributed by atoms with Crippen LogP contribution in [0.4, 0.5) is 5.69 Å². The van der Waals surface area contributed by atoms with E-state index in [2.05, 4.69) is 0 Å². The Balaban J connectivity index is 1.85. The number of hydrogen-bond donors (Lipinski definition) is 1. The van der Waals surface area contributed by atoms with Crippen LogP contribution in [0.2, 0.25) is 0 Å². The first-order valence-corrected chi connectivity index (χ1v) is 6.89. The minimum atomic E-state index is -0.395. The lowest BCUT2D eigenvalue weighted by Gasteiger charge is -2.02. The van der Waals surface area contributed by atoms with Crippen LogP contribution in [-0.4, -0.2) is 10.0 Å². The second-order valence-corrected chi connectivity index (χ2v) is 5.07. The van der Waals surface area contributed by atoms with Gasteiger partial charge in [0.05, 0.1) is 4.92 Å². The molecule has 2 aromatic rings. The Morgan fingerprint density at radius 2 is 1.42 bits per heavy atom. The molecule has 2 rings (SSSR count). The van der Waals surface area contributed by atoms with Crippen molar-refractivity contribution < 1.29 is 10.0 Å². The second kappa shape index (κ2) is 6.24. The van der Waals surface area contributed by atoms with Gasteiger partial charge in [-0.15, -0.1) is 0 Å².